The molecule has 0 fully saturated rings. The molecular formula is C27H20N4O3. The highest BCUT2D eigenvalue weighted by Gasteiger charge is 2.14. The number of aromatic nitrogens is 2. The van der Waals surface area contributed by atoms with Crippen LogP contribution in [-0.4, -0.2) is 22.0 Å². The Morgan fingerprint density at radius 2 is 1.53 bits per heavy atom. The van der Waals surface area contributed by atoms with E-state index in [0.29, 0.717) is 17.1 Å². The summed E-state index contributed by atoms with van der Waals surface area (Å²) < 4.78 is 5.53. The molecule has 0 radical (unpaired) electrons. The van der Waals surface area contributed by atoms with E-state index in [-0.39, 0.29) is 18.3 Å². The first kappa shape index (κ1) is 21.1. The maximum absolute atomic E-state index is 12.7. The van der Waals surface area contributed by atoms with Gasteiger partial charge in [-0.1, -0.05) is 71.8 Å². The smallest absolute Gasteiger partial charge is 0.322 e. The van der Waals surface area contributed by atoms with E-state index in [1.54, 1.807) is 24.3 Å². The van der Waals surface area contributed by atoms with Gasteiger partial charge in [0.2, 0.25) is 11.8 Å². The minimum absolute atomic E-state index is 0.00533. The Hall–Kier alpha value is -4.78. The highest BCUT2D eigenvalue weighted by Crippen LogP contribution is 2.21. The van der Waals surface area contributed by atoms with E-state index in [2.05, 4.69) is 20.8 Å². The molecule has 0 aliphatic rings. The summed E-state index contributed by atoms with van der Waals surface area (Å²) in [6.45, 7) is 0. The number of hydrogen-bond donors (Lipinski definition) is 2. The number of rotatable bonds is 6. The highest BCUT2D eigenvalue weighted by molar-refractivity contribution is 6.04. The number of benzene rings is 4. The minimum Gasteiger partial charge on any atom is -0.403 e. The average Bonchev–Trinajstić information content (AvgIpc) is 3.33. The van der Waals surface area contributed by atoms with Gasteiger partial charge in [0.15, 0.2) is 0 Å². The Morgan fingerprint density at radius 1 is 0.765 bits per heavy atom. The largest absolute Gasteiger partial charge is 0.403 e. The zero-order valence-corrected chi connectivity index (χ0v) is 18.1. The van der Waals surface area contributed by atoms with Gasteiger partial charge in [0.05, 0.1) is 6.42 Å². The van der Waals surface area contributed by atoms with Crippen LogP contribution in [0.4, 0.5) is 11.7 Å². The SMILES string of the molecule is O=C(Cc1cccc2ccccc12)Nc1cccc(C(=O)Nc2nnc(-c3ccccc3)o2)c1. The lowest BCUT2D eigenvalue weighted by Gasteiger charge is -2.09. The summed E-state index contributed by atoms with van der Waals surface area (Å²) in [5.74, 6) is -0.280. The average molecular weight is 448 g/mol. The number of anilines is 2. The van der Waals surface area contributed by atoms with E-state index in [1.807, 2.05) is 72.8 Å². The second kappa shape index (κ2) is 9.38. The summed E-state index contributed by atoms with van der Waals surface area (Å²) in [6, 6.07) is 29.8. The lowest BCUT2D eigenvalue weighted by atomic mass is 10.0. The molecule has 0 saturated carbocycles. The van der Waals surface area contributed by atoms with Crippen molar-refractivity contribution in [3.05, 3.63) is 108 Å². The number of carbonyl (C=O) groups is 2. The maximum atomic E-state index is 12.7. The van der Waals surface area contributed by atoms with Crippen molar-refractivity contribution in [1.82, 2.24) is 10.2 Å². The van der Waals surface area contributed by atoms with E-state index in [9.17, 15) is 9.59 Å². The Balaban J connectivity index is 1.26. The molecule has 2 N–H and O–H groups in total. The van der Waals surface area contributed by atoms with Crippen LogP contribution in [0.25, 0.3) is 22.2 Å². The van der Waals surface area contributed by atoms with Crippen LogP contribution in [0, 0.1) is 0 Å². The van der Waals surface area contributed by atoms with Crippen LogP contribution in [0.15, 0.2) is 101 Å². The fraction of sp³-hybridized carbons (Fsp3) is 0.0370. The van der Waals surface area contributed by atoms with Crippen molar-refractivity contribution in [3.8, 4) is 11.5 Å². The lowest BCUT2D eigenvalue weighted by Crippen LogP contribution is -2.16. The van der Waals surface area contributed by atoms with Gasteiger partial charge >= 0.3 is 6.01 Å². The van der Waals surface area contributed by atoms with Gasteiger partial charge in [-0.15, -0.1) is 5.10 Å². The van der Waals surface area contributed by atoms with Crippen LogP contribution in [-0.2, 0) is 11.2 Å². The molecule has 166 valence electrons. The standard InChI is InChI=1S/C27H20N4O3/c32-24(17-20-12-6-11-18-8-4-5-15-23(18)20)28-22-14-7-13-21(16-22)25(33)29-27-31-30-26(34-27)19-9-2-1-3-10-19/h1-16H,17H2,(H,28,32)(H,29,31,33). The minimum atomic E-state index is -0.423. The molecule has 0 bridgehead atoms. The maximum Gasteiger partial charge on any atom is 0.322 e. The van der Waals surface area contributed by atoms with E-state index in [0.717, 1.165) is 21.9 Å². The zero-order chi connectivity index (χ0) is 23.3. The van der Waals surface area contributed by atoms with E-state index >= 15 is 0 Å². The normalized spacial score (nSPS) is 10.7. The molecule has 5 rings (SSSR count). The van der Waals surface area contributed by atoms with Crippen molar-refractivity contribution in [2.24, 2.45) is 0 Å². The molecule has 2 amide bonds. The van der Waals surface area contributed by atoms with E-state index < -0.39 is 5.91 Å². The molecule has 0 spiro atoms. The summed E-state index contributed by atoms with van der Waals surface area (Å²) in [6.07, 6.45) is 0.224. The summed E-state index contributed by atoms with van der Waals surface area (Å²) in [4.78, 5) is 25.4. The molecule has 0 aliphatic heterocycles. The number of fused-ring (bicyclic) bond motifs is 1. The predicted molar refractivity (Wildman–Crippen MR) is 130 cm³/mol. The third kappa shape index (κ3) is 4.68. The second-order valence-electron chi connectivity index (χ2n) is 7.68. The molecule has 7 heteroatoms. The third-order valence-corrected chi connectivity index (χ3v) is 5.31. The van der Waals surface area contributed by atoms with Crippen molar-refractivity contribution < 1.29 is 14.0 Å². The van der Waals surface area contributed by atoms with Gasteiger partial charge in [-0.05, 0) is 46.7 Å². The number of hydrogen-bond acceptors (Lipinski definition) is 5. The first-order valence-electron chi connectivity index (χ1n) is 10.7. The van der Waals surface area contributed by atoms with Crippen LogP contribution < -0.4 is 10.6 Å². The van der Waals surface area contributed by atoms with Crippen LogP contribution in [0.5, 0.6) is 0 Å². The Morgan fingerprint density at radius 3 is 2.41 bits per heavy atom. The zero-order valence-electron chi connectivity index (χ0n) is 18.1. The van der Waals surface area contributed by atoms with Gasteiger partial charge in [0, 0.05) is 16.8 Å². The molecule has 0 unspecified atom stereocenters. The Bertz CT molecular complexity index is 1470. The third-order valence-electron chi connectivity index (χ3n) is 5.31. The second-order valence-corrected chi connectivity index (χ2v) is 7.68. The van der Waals surface area contributed by atoms with Gasteiger partial charge in [0.25, 0.3) is 5.91 Å². The van der Waals surface area contributed by atoms with Crippen molar-refractivity contribution in [1.29, 1.82) is 0 Å². The van der Waals surface area contributed by atoms with Crippen molar-refractivity contribution in [3.63, 3.8) is 0 Å². The molecule has 1 aromatic heterocycles. The fourth-order valence-electron chi connectivity index (χ4n) is 3.70. The molecule has 34 heavy (non-hydrogen) atoms. The molecule has 0 aliphatic carbocycles. The van der Waals surface area contributed by atoms with Crippen LogP contribution in [0.2, 0.25) is 0 Å². The van der Waals surface area contributed by atoms with Crippen LogP contribution in [0.3, 0.4) is 0 Å². The topological polar surface area (TPSA) is 97.1 Å². The molecule has 7 nitrogen and oxygen atoms in total. The summed E-state index contributed by atoms with van der Waals surface area (Å²) in [5, 5.41) is 15.4. The molecule has 1 heterocycles. The van der Waals surface area contributed by atoms with E-state index in [4.69, 9.17) is 4.42 Å². The van der Waals surface area contributed by atoms with Gasteiger partial charge in [-0.3, -0.25) is 14.9 Å². The van der Waals surface area contributed by atoms with Crippen molar-refractivity contribution >= 4 is 34.3 Å². The number of amides is 2. The van der Waals surface area contributed by atoms with Gasteiger partial charge in [0.1, 0.15) is 0 Å². The Labute approximate surface area is 195 Å². The number of nitrogens with zero attached hydrogens (tertiary/aromatic N) is 2. The molecule has 0 saturated heterocycles. The highest BCUT2D eigenvalue weighted by atomic mass is 16.4. The Kier molecular flexibility index (Phi) is 5.82. The first-order chi connectivity index (χ1) is 16.7. The molecule has 4 aromatic carbocycles. The monoisotopic (exact) mass is 448 g/mol. The lowest BCUT2D eigenvalue weighted by molar-refractivity contribution is -0.115. The van der Waals surface area contributed by atoms with Crippen LogP contribution in [0.1, 0.15) is 15.9 Å². The van der Waals surface area contributed by atoms with Crippen molar-refractivity contribution in [2.45, 2.75) is 6.42 Å². The quantitative estimate of drug-likeness (QED) is 0.366. The number of nitrogens with one attached hydrogen (secondary N) is 2. The van der Waals surface area contributed by atoms with E-state index in [1.165, 1.54) is 0 Å². The van der Waals surface area contributed by atoms with Gasteiger partial charge in [-0.25, -0.2) is 0 Å². The molecule has 0 atom stereocenters. The van der Waals surface area contributed by atoms with Crippen molar-refractivity contribution in [2.75, 3.05) is 10.6 Å². The fourth-order valence-corrected chi connectivity index (χ4v) is 3.70. The van der Waals surface area contributed by atoms with Gasteiger partial charge in [-0.2, -0.15) is 0 Å². The van der Waals surface area contributed by atoms with Crippen LogP contribution >= 0.6 is 0 Å². The van der Waals surface area contributed by atoms with Gasteiger partial charge < -0.3 is 9.73 Å². The predicted octanol–water partition coefficient (Wildman–Crippen LogP) is 5.32. The molecular weight excluding hydrogens is 428 g/mol. The summed E-state index contributed by atoms with van der Waals surface area (Å²) in [5.41, 5.74) is 2.57. The molecule has 5 aromatic rings. The first-order valence-corrected chi connectivity index (χ1v) is 10.7. The summed E-state index contributed by atoms with van der Waals surface area (Å²) >= 11 is 0. The summed E-state index contributed by atoms with van der Waals surface area (Å²) in [7, 11) is 0. The number of carbonyl (C=O) groups excluding carboxylic acids is 2.